The third kappa shape index (κ3) is 4.25. The number of nitrogens with zero attached hydrogens (tertiary/aromatic N) is 2. The van der Waals surface area contributed by atoms with E-state index in [2.05, 4.69) is 12.1 Å². The van der Waals surface area contributed by atoms with Crippen LogP contribution < -0.4 is 0 Å². The Labute approximate surface area is 172 Å². The fourth-order valence-corrected chi connectivity index (χ4v) is 5.07. The van der Waals surface area contributed by atoms with Crippen LogP contribution in [0.1, 0.15) is 29.2 Å². The minimum absolute atomic E-state index is 0.0284. The van der Waals surface area contributed by atoms with Crippen LogP contribution in [0.4, 0.5) is 0 Å². The molecule has 1 heterocycles. The predicted octanol–water partition coefficient (Wildman–Crippen LogP) is 4.77. The average molecular weight is 405 g/mol. The molecule has 29 heavy (non-hydrogen) atoms. The fraction of sp³-hybridized carbons (Fsp3) is 0.208. The van der Waals surface area contributed by atoms with Crippen LogP contribution in [-0.2, 0) is 16.4 Å². The van der Waals surface area contributed by atoms with Crippen LogP contribution in [0.3, 0.4) is 0 Å². The zero-order valence-corrected chi connectivity index (χ0v) is 17.2. The van der Waals surface area contributed by atoms with Crippen LogP contribution in [-0.4, -0.2) is 25.1 Å². The first-order valence-corrected chi connectivity index (χ1v) is 11.2. The van der Waals surface area contributed by atoms with Gasteiger partial charge in [0.15, 0.2) is 0 Å². The van der Waals surface area contributed by atoms with Crippen molar-refractivity contribution in [2.24, 2.45) is 4.99 Å². The molecule has 0 saturated carbocycles. The van der Waals surface area contributed by atoms with Gasteiger partial charge in [0.2, 0.25) is 0 Å². The highest BCUT2D eigenvalue weighted by molar-refractivity contribution is 7.89. The van der Waals surface area contributed by atoms with Crippen LogP contribution in [0, 0.1) is 6.92 Å². The molecule has 1 aliphatic heterocycles. The van der Waals surface area contributed by atoms with Gasteiger partial charge in [0.05, 0.1) is 10.9 Å². The Morgan fingerprint density at radius 3 is 2.17 bits per heavy atom. The first-order valence-electron chi connectivity index (χ1n) is 9.79. The van der Waals surface area contributed by atoms with Crippen LogP contribution in [0.25, 0.3) is 0 Å². The highest BCUT2D eigenvalue weighted by atomic mass is 32.2. The molecule has 5 heteroatoms. The smallest absolute Gasteiger partial charge is 0.263 e. The highest BCUT2D eigenvalue weighted by Gasteiger charge is 2.32. The summed E-state index contributed by atoms with van der Waals surface area (Å²) in [6.07, 6.45) is 1.14. The number of aliphatic imine (C=N–C) groups is 1. The van der Waals surface area contributed by atoms with E-state index in [4.69, 9.17) is 4.99 Å². The first-order chi connectivity index (χ1) is 14.0. The van der Waals surface area contributed by atoms with Crippen molar-refractivity contribution >= 4 is 15.9 Å². The maximum absolute atomic E-state index is 13.4. The zero-order valence-electron chi connectivity index (χ0n) is 16.4. The first kappa shape index (κ1) is 19.4. The minimum atomic E-state index is -3.65. The third-order valence-electron chi connectivity index (χ3n) is 5.20. The lowest BCUT2D eigenvalue weighted by Crippen LogP contribution is -2.42. The largest absolute Gasteiger partial charge is 0.265 e. The molecule has 1 unspecified atom stereocenters. The molecule has 148 valence electrons. The van der Waals surface area contributed by atoms with Gasteiger partial charge in [-0.15, -0.1) is 0 Å². The molecule has 1 atom stereocenters. The number of rotatable bonds is 5. The summed E-state index contributed by atoms with van der Waals surface area (Å²) in [5.41, 5.74) is 3.19. The van der Waals surface area contributed by atoms with Gasteiger partial charge < -0.3 is 0 Å². The lowest BCUT2D eigenvalue weighted by Gasteiger charge is -2.32. The van der Waals surface area contributed by atoms with Gasteiger partial charge in [-0.05, 0) is 36.6 Å². The van der Waals surface area contributed by atoms with Crippen molar-refractivity contribution in [3.8, 4) is 0 Å². The van der Waals surface area contributed by atoms with Gasteiger partial charge in [-0.3, -0.25) is 9.30 Å². The van der Waals surface area contributed by atoms with Gasteiger partial charge in [0, 0.05) is 13.0 Å². The topological polar surface area (TPSA) is 49.7 Å². The van der Waals surface area contributed by atoms with Crippen molar-refractivity contribution < 1.29 is 8.42 Å². The summed E-state index contributed by atoms with van der Waals surface area (Å²) in [5.74, 6) is 0.594. The van der Waals surface area contributed by atoms with E-state index < -0.39 is 10.0 Å². The summed E-state index contributed by atoms with van der Waals surface area (Å²) < 4.78 is 28.3. The van der Waals surface area contributed by atoms with Crippen molar-refractivity contribution in [1.82, 2.24) is 4.31 Å². The molecule has 0 radical (unpaired) electrons. The summed E-state index contributed by atoms with van der Waals surface area (Å²) >= 11 is 0. The van der Waals surface area contributed by atoms with Gasteiger partial charge >= 0.3 is 0 Å². The molecule has 0 N–H and O–H groups in total. The monoisotopic (exact) mass is 404 g/mol. The van der Waals surface area contributed by atoms with Crippen LogP contribution in [0.5, 0.6) is 0 Å². The Balaban J connectivity index is 1.73. The summed E-state index contributed by atoms with van der Waals surface area (Å²) in [7, 11) is -3.65. The van der Waals surface area contributed by atoms with E-state index in [1.165, 1.54) is 4.31 Å². The third-order valence-corrected chi connectivity index (χ3v) is 7.04. The number of hydrogen-bond acceptors (Lipinski definition) is 3. The normalized spacial score (nSPS) is 17.1. The minimum Gasteiger partial charge on any atom is -0.263 e. The molecule has 0 fully saturated rings. The van der Waals surface area contributed by atoms with Crippen molar-refractivity contribution in [2.75, 3.05) is 6.54 Å². The van der Waals surface area contributed by atoms with E-state index in [-0.39, 0.29) is 6.04 Å². The van der Waals surface area contributed by atoms with Crippen molar-refractivity contribution in [1.29, 1.82) is 0 Å². The molecule has 3 aromatic carbocycles. The number of sulfonamides is 1. The predicted molar refractivity (Wildman–Crippen MR) is 116 cm³/mol. The molecule has 1 aliphatic rings. The molecule has 0 bridgehead atoms. The van der Waals surface area contributed by atoms with Gasteiger partial charge in [-0.1, -0.05) is 78.4 Å². The Kier molecular flexibility index (Phi) is 5.49. The van der Waals surface area contributed by atoms with E-state index in [0.717, 1.165) is 16.7 Å². The Hall–Kier alpha value is -2.92. The molecular weight excluding hydrogens is 380 g/mol. The number of hydrogen-bond donors (Lipinski definition) is 0. The highest BCUT2D eigenvalue weighted by Crippen LogP contribution is 2.30. The maximum atomic E-state index is 13.4. The Morgan fingerprint density at radius 1 is 0.897 bits per heavy atom. The summed E-state index contributed by atoms with van der Waals surface area (Å²) in [5, 5.41) is 0. The summed E-state index contributed by atoms with van der Waals surface area (Å²) in [4.78, 5) is 5.21. The zero-order chi connectivity index (χ0) is 20.3. The van der Waals surface area contributed by atoms with Crippen molar-refractivity contribution in [2.45, 2.75) is 30.7 Å². The molecule has 4 rings (SSSR count). The Bertz CT molecular complexity index is 1090. The van der Waals surface area contributed by atoms with Crippen molar-refractivity contribution in [3.63, 3.8) is 0 Å². The lowest BCUT2D eigenvalue weighted by molar-refractivity contribution is 0.460. The van der Waals surface area contributed by atoms with Crippen LogP contribution >= 0.6 is 0 Å². The Morgan fingerprint density at radius 2 is 1.52 bits per heavy atom. The van der Waals surface area contributed by atoms with E-state index in [1.807, 2.05) is 67.6 Å². The lowest BCUT2D eigenvalue weighted by atomic mass is 10.0. The van der Waals surface area contributed by atoms with Gasteiger partial charge in [-0.25, -0.2) is 8.42 Å². The molecule has 0 aromatic heterocycles. The van der Waals surface area contributed by atoms with Gasteiger partial charge in [0.25, 0.3) is 10.0 Å². The average Bonchev–Trinajstić information content (AvgIpc) is 2.75. The molecular formula is C24H24N2O2S. The molecule has 0 saturated heterocycles. The maximum Gasteiger partial charge on any atom is 0.265 e. The SMILES string of the molecule is Cc1ccc(S(=O)(=O)N2CCC(c3ccccc3)N=C2Cc2ccccc2)cc1. The number of benzene rings is 3. The second-order valence-electron chi connectivity index (χ2n) is 7.31. The molecule has 0 spiro atoms. The van der Waals surface area contributed by atoms with Gasteiger partial charge in [0.1, 0.15) is 5.84 Å². The summed E-state index contributed by atoms with van der Waals surface area (Å²) in [6.45, 7) is 2.37. The molecule has 3 aromatic rings. The fourth-order valence-electron chi connectivity index (χ4n) is 3.60. The van der Waals surface area contributed by atoms with E-state index in [9.17, 15) is 8.42 Å². The van der Waals surface area contributed by atoms with Crippen LogP contribution in [0.15, 0.2) is 94.8 Å². The van der Waals surface area contributed by atoms with Crippen molar-refractivity contribution in [3.05, 3.63) is 102 Å². The quantitative estimate of drug-likeness (QED) is 0.615. The van der Waals surface area contributed by atoms with E-state index >= 15 is 0 Å². The molecule has 0 aliphatic carbocycles. The molecule has 0 amide bonds. The number of amidine groups is 1. The second-order valence-corrected chi connectivity index (χ2v) is 9.18. The van der Waals surface area contributed by atoms with E-state index in [1.54, 1.807) is 12.1 Å². The molecule has 4 nitrogen and oxygen atoms in total. The summed E-state index contributed by atoms with van der Waals surface area (Å²) in [6, 6.07) is 27.0. The van der Waals surface area contributed by atoms with Gasteiger partial charge in [-0.2, -0.15) is 0 Å². The van der Waals surface area contributed by atoms with Crippen LogP contribution in [0.2, 0.25) is 0 Å². The number of aryl methyl sites for hydroxylation is 1. The second kappa shape index (κ2) is 8.21. The van der Waals surface area contributed by atoms with E-state index in [0.29, 0.717) is 30.1 Å². The standard InChI is InChI=1S/C24H24N2O2S/c1-19-12-14-22(15-13-19)29(27,28)26-17-16-23(21-10-6-3-7-11-21)25-24(26)18-20-8-4-2-5-9-20/h2-15,23H,16-18H2,1H3.